The summed E-state index contributed by atoms with van der Waals surface area (Å²) in [4.78, 5) is 41.5. The summed E-state index contributed by atoms with van der Waals surface area (Å²) in [7, 11) is 0. The number of aromatic nitrogens is 1. The Morgan fingerprint density at radius 1 is 1.21 bits per heavy atom. The normalized spacial score (nSPS) is 26.9. The minimum atomic E-state index is -4.83. The predicted molar refractivity (Wildman–Crippen MR) is 112 cm³/mol. The monoisotopic (exact) mass is 474 g/mol. The van der Waals surface area contributed by atoms with Gasteiger partial charge in [0.25, 0.3) is 5.91 Å². The molecule has 0 unspecified atom stereocenters. The molecule has 1 atom stereocenters. The first-order valence-corrected chi connectivity index (χ1v) is 10.8. The number of nitrogens with one attached hydrogen (secondary N) is 1. The number of pyridine rings is 1. The van der Waals surface area contributed by atoms with Crippen molar-refractivity contribution in [2.75, 3.05) is 0 Å². The van der Waals surface area contributed by atoms with E-state index >= 15 is 0 Å². The van der Waals surface area contributed by atoms with Gasteiger partial charge in [-0.25, -0.2) is 4.98 Å². The summed E-state index contributed by atoms with van der Waals surface area (Å²) in [5.41, 5.74) is 0.771. The van der Waals surface area contributed by atoms with Crippen LogP contribution in [0.5, 0.6) is 11.5 Å². The maximum absolute atomic E-state index is 12.9. The molecule has 1 aromatic heterocycles. The van der Waals surface area contributed by atoms with Crippen LogP contribution in [-0.2, 0) is 4.79 Å². The number of hydrogen-bond donors (Lipinski definition) is 1. The molecule has 2 bridgehead atoms. The van der Waals surface area contributed by atoms with Gasteiger partial charge >= 0.3 is 6.36 Å². The Hall–Kier alpha value is -3.43. The lowest BCUT2D eigenvalue weighted by Crippen LogP contribution is -2.75. The molecule has 3 aliphatic carbocycles. The van der Waals surface area contributed by atoms with Crippen molar-refractivity contribution in [3.8, 4) is 11.5 Å². The summed E-state index contributed by atoms with van der Waals surface area (Å²) >= 11 is 0. The molecular formula is C24H21F3N2O5. The molecule has 1 aromatic carbocycles. The van der Waals surface area contributed by atoms with E-state index in [1.807, 2.05) is 13.0 Å². The number of hydrogen-bond acceptors (Lipinski definition) is 6. The molecule has 2 heterocycles. The van der Waals surface area contributed by atoms with Crippen molar-refractivity contribution in [1.82, 2.24) is 10.3 Å². The molecular weight excluding hydrogens is 453 g/mol. The maximum Gasteiger partial charge on any atom is 0.573 e. The largest absolute Gasteiger partial charge is 0.573 e. The van der Waals surface area contributed by atoms with Gasteiger partial charge in [0, 0.05) is 12.0 Å². The zero-order valence-electron chi connectivity index (χ0n) is 18.2. The van der Waals surface area contributed by atoms with E-state index in [9.17, 15) is 27.6 Å². The third-order valence-corrected chi connectivity index (χ3v) is 6.71. The van der Waals surface area contributed by atoms with Crippen molar-refractivity contribution >= 4 is 17.5 Å². The Labute approximate surface area is 192 Å². The molecule has 0 radical (unpaired) electrons. The highest BCUT2D eigenvalue weighted by atomic mass is 19.4. The molecule has 1 N–H and O–H groups in total. The molecule has 7 nitrogen and oxygen atoms in total. The number of alkyl halides is 3. The first-order chi connectivity index (χ1) is 15.9. The molecule has 4 aliphatic rings. The van der Waals surface area contributed by atoms with Crippen LogP contribution in [0, 0.1) is 12.3 Å². The van der Waals surface area contributed by atoms with Crippen LogP contribution in [0.25, 0.3) is 0 Å². The molecule has 3 saturated carbocycles. The second kappa shape index (κ2) is 7.54. The van der Waals surface area contributed by atoms with Gasteiger partial charge in [0.2, 0.25) is 0 Å². The van der Waals surface area contributed by atoms with Gasteiger partial charge in [0.15, 0.2) is 17.7 Å². The van der Waals surface area contributed by atoms with Crippen molar-refractivity contribution in [2.45, 2.75) is 57.0 Å². The van der Waals surface area contributed by atoms with Gasteiger partial charge in [0.1, 0.15) is 17.2 Å². The van der Waals surface area contributed by atoms with Gasteiger partial charge in [-0.15, -0.1) is 13.2 Å². The highest BCUT2D eigenvalue weighted by Gasteiger charge is 2.69. The summed E-state index contributed by atoms with van der Waals surface area (Å²) in [6, 6.07) is 7.50. The number of rotatable bonds is 6. The maximum atomic E-state index is 12.9. The van der Waals surface area contributed by atoms with Crippen molar-refractivity contribution in [3.63, 3.8) is 0 Å². The standard InChI is InChI=1S/C24H21F3N2O5/c1-13-2-5-19-15(6-13)17(30)7-20(33-19)18(31)8-22-10-23(11-22,12-22)29-21(32)16-4-3-14(9-28-16)34-24(25,26)27/h2-6,9,20H,7-8,10-12H2,1H3,(H,29,32)/t20-,22?,23?/m1/s1. The molecule has 3 fully saturated rings. The van der Waals surface area contributed by atoms with Crippen LogP contribution in [-0.4, -0.2) is 40.5 Å². The van der Waals surface area contributed by atoms with E-state index in [1.54, 1.807) is 12.1 Å². The fourth-order valence-electron chi connectivity index (χ4n) is 5.43. The average Bonchev–Trinajstić information content (AvgIpc) is 2.70. The number of benzene rings is 1. The lowest BCUT2D eigenvalue weighted by Gasteiger charge is -2.70. The summed E-state index contributed by atoms with van der Waals surface area (Å²) in [5, 5.41) is 2.88. The van der Waals surface area contributed by atoms with Gasteiger partial charge in [0.05, 0.1) is 18.2 Å². The minimum absolute atomic E-state index is 0.0208. The minimum Gasteiger partial charge on any atom is -0.481 e. The lowest BCUT2D eigenvalue weighted by molar-refractivity contribution is -0.274. The van der Waals surface area contributed by atoms with Gasteiger partial charge in [-0.3, -0.25) is 14.4 Å². The number of nitrogens with zero attached hydrogens (tertiary/aromatic N) is 1. The first-order valence-electron chi connectivity index (χ1n) is 10.8. The van der Waals surface area contributed by atoms with E-state index in [4.69, 9.17) is 4.74 Å². The SMILES string of the molecule is Cc1ccc2c(c1)C(=O)C[C@H](C(=O)CC13CC(NC(=O)c4ccc(OC(F)(F)F)cn4)(C1)C3)O2. The number of carbonyl (C=O) groups excluding carboxylic acids is 3. The van der Waals surface area contributed by atoms with E-state index < -0.39 is 29.7 Å². The van der Waals surface area contributed by atoms with Crippen LogP contribution in [0.15, 0.2) is 36.5 Å². The molecule has 0 spiro atoms. The van der Waals surface area contributed by atoms with Crippen LogP contribution >= 0.6 is 0 Å². The molecule has 10 heteroatoms. The molecule has 1 aliphatic heterocycles. The van der Waals surface area contributed by atoms with Crippen molar-refractivity contribution in [1.29, 1.82) is 0 Å². The Bertz CT molecular complexity index is 1170. The van der Waals surface area contributed by atoms with Gasteiger partial charge in [-0.1, -0.05) is 11.6 Å². The molecule has 178 valence electrons. The first kappa shape index (κ1) is 22.4. The van der Waals surface area contributed by atoms with Crippen LogP contribution in [0.4, 0.5) is 13.2 Å². The van der Waals surface area contributed by atoms with Crippen molar-refractivity contribution in [3.05, 3.63) is 53.3 Å². The van der Waals surface area contributed by atoms with E-state index in [0.29, 0.717) is 30.6 Å². The van der Waals surface area contributed by atoms with Crippen LogP contribution < -0.4 is 14.8 Å². The average molecular weight is 474 g/mol. The zero-order valence-corrected chi connectivity index (χ0v) is 18.2. The Balaban J connectivity index is 1.14. The second-order valence-electron chi connectivity index (χ2n) is 9.57. The third kappa shape index (κ3) is 4.12. The molecule has 1 amide bonds. The number of fused-ring (bicyclic) bond motifs is 1. The highest BCUT2D eigenvalue weighted by Crippen LogP contribution is 2.69. The van der Waals surface area contributed by atoms with E-state index in [0.717, 1.165) is 23.9 Å². The van der Waals surface area contributed by atoms with Crippen molar-refractivity contribution in [2.24, 2.45) is 5.41 Å². The fraction of sp³-hybridized carbons (Fsp3) is 0.417. The number of amides is 1. The van der Waals surface area contributed by atoms with Gasteiger partial charge < -0.3 is 14.8 Å². The quantitative estimate of drug-likeness (QED) is 0.682. The summed E-state index contributed by atoms with van der Waals surface area (Å²) in [5.74, 6) is -0.801. The Morgan fingerprint density at radius 3 is 2.59 bits per heavy atom. The van der Waals surface area contributed by atoms with Crippen LogP contribution in [0.1, 0.15) is 58.5 Å². The van der Waals surface area contributed by atoms with E-state index in [-0.39, 0.29) is 35.5 Å². The molecule has 34 heavy (non-hydrogen) atoms. The van der Waals surface area contributed by atoms with Gasteiger partial charge in [-0.2, -0.15) is 0 Å². The number of halogens is 3. The van der Waals surface area contributed by atoms with E-state index in [2.05, 4.69) is 15.0 Å². The molecule has 0 saturated heterocycles. The Kier molecular flexibility index (Phi) is 4.96. The summed E-state index contributed by atoms with van der Waals surface area (Å²) in [6.45, 7) is 1.88. The number of carbonyl (C=O) groups is 3. The second-order valence-corrected chi connectivity index (χ2v) is 9.57. The van der Waals surface area contributed by atoms with Gasteiger partial charge in [-0.05, 0) is 55.9 Å². The third-order valence-electron chi connectivity index (χ3n) is 6.71. The van der Waals surface area contributed by atoms with Crippen LogP contribution in [0.3, 0.4) is 0 Å². The van der Waals surface area contributed by atoms with Crippen molar-refractivity contribution < 1.29 is 37.0 Å². The number of aryl methyl sites for hydroxylation is 1. The van der Waals surface area contributed by atoms with E-state index in [1.165, 1.54) is 0 Å². The number of ether oxygens (including phenoxy) is 2. The predicted octanol–water partition coefficient (Wildman–Crippen LogP) is 3.93. The zero-order chi connectivity index (χ0) is 24.3. The lowest BCUT2D eigenvalue weighted by atomic mass is 9.38. The highest BCUT2D eigenvalue weighted by molar-refractivity contribution is 6.03. The van der Waals surface area contributed by atoms with Crippen LogP contribution in [0.2, 0.25) is 0 Å². The summed E-state index contributed by atoms with van der Waals surface area (Å²) < 4.78 is 46.3. The smallest absolute Gasteiger partial charge is 0.481 e. The number of Topliss-reactive ketones (excluding diaryl/α,β-unsaturated/α-hetero) is 2. The summed E-state index contributed by atoms with van der Waals surface area (Å²) in [6.07, 6.45) is -2.66. The molecule has 2 aromatic rings. The topological polar surface area (TPSA) is 94.6 Å². The number of ketones is 2. The fourth-order valence-corrected chi connectivity index (χ4v) is 5.43. The Morgan fingerprint density at radius 2 is 1.94 bits per heavy atom. The molecule has 6 rings (SSSR count).